The fourth-order valence-corrected chi connectivity index (χ4v) is 1.79. The van der Waals surface area contributed by atoms with Gasteiger partial charge in [-0.25, -0.2) is 4.79 Å². The molecule has 0 radical (unpaired) electrons. The van der Waals surface area contributed by atoms with Crippen molar-refractivity contribution in [1.82, 2.24) is 4.57 Å². The smallest absolute Gasteiger partial charge is 0.408 e. The van der Waals surface area contributed by atoms with Crippen molar-refractivity contribution in [1.29, 1.82) is 0 Å². The summed E-state index contributed by atoms with van der Waals surface area (Å²) >= 11 is 2.24. The SMILES string of the molecule is O=c1oc2ccccc2n1CCI. The van der Waals surface area contributed by atoms with E-state index in [2.05, 4.69) is 22.6 Å². The molecule has 0 fully saturated rings. The first-order valence-corrected chi connectivity index (χ1v) is 5.50. The molecule has 0 N–H and O–H groups in total. The number of para-hydroxylation sites is 2. The highest BCUT2D eigenvalue weighted by atomic mass is 127. The predicted octanol–water partition coefficient (Wildman–Crippen LogP) is 2.03. The lowest BCUT2D eigenvalue weighted by Gasteiger charge is -1.95. The van der Waals surface area contributed by atoms with Gasteiger partial charge in [-0.05, 0) is 12.1 Å². The Morgan fingerprint density at radius 2 is 2.15 bits per heavy atom. The molecule has 0 aliphatic carbocycles. The lowest BCUT2D eigenvalue weighted by atomic mass is 10.3. The van der Waals surface area contributed by atoms with Crippen LogP contribution in [0.2, 0.25) is 0 Å². The summed E-state index contributed by atoms with van der Waals surface area (Å²) in [4.78, 5) is 11.3. The van der Waals surface area contributed by atoms with Gasteiger partial charge in [-0.3, -0.25) is 4.57 Å². The van der Waals surface area contributed by atoms with Crippen molar-refractivity contribution in [2.45, 2.75) is 6.54 Å². The minimum Gasteiger partial charge on any atom is -0.408 e. The van der Waals surface area contributed by atoms with Crippen LogP contribution in [0.1, 0.15) is 0 Å². The van der Waals surface area contributed by atoms with Crippen LogP contribution in [0.15, 0.2) is 33.5 Å². The van der Waals surface area contributed by atoms with Crippen molar-refractivity contribution in [2.75, 3.05) is 4.43 Å². The first-order chi connectivity index (χ1) is 6.33. The molecule has 1 aromatic carbocycles. The number of aryl methyl sites for hydroxylation is 1. The molecule has 0 bridgehead atoms. The zero-order valence-corrected chi connectivity index (χ0v) is 9.02. The topological polar surface area (TPSA) is 35.1 Å². The Morgan fingerprint density at radius 1 is 1.38 bits per heavy atom. The van der Waals surface area contributed by atoms with Crippen LogP contribution >= 0.6 is 22.6 Å². The van der Waals surface area contributed by atoms with Crippen molar-refractivity contribution in [3.8, 4) is 0 Å². The largest absolute Gasteiger partial charge is 0.419 e. The molecule has 3 nitrogen and oxygen atoms in total. The van der Waals surface area contributed by atoms with Gasteiger partial charge in [0.25, 0.3) is 0 Å². The number of hydrogen-bond donors (Lipinski definition) is 0. The number of nitrogens with zero attached hydrogens (tertiary/aromatic N) is 1. The first kappa shape index (κ1) is 8.80. The molecule has 0 amide bonds. The van der Waals surface area contributed by atoms with Crippen molar-refractivity contribution in [2.24, 2.45) is 0 Å². The van der Waals surface area contributed by atoms with Crippen LogP contribution in [0, 0.1) is 0 Å². The normalized spacial score (nSPS) is 10.8. The highest BCUT2D eigenvalue weighted by molar-refractivity contribution is 14.1. The molecule has 0 spiro atoms. The minimum absolute atomic E-state index is 0.266. The van der Waals surface area contributed by atoms with Crippen molar-refractivity contribution in [3.63, 3.8) is 0 Å². The maximum absolute atomic E-state index is 11.3. The standard InChI is InChI=1S/C9H8INO2/c10-5-6-11-7-3-1-2-4-8(7)13-9(11)12/h1-4H,5-6H2. The Bertz CT molecular complexity index is 472. The lowest BCUT2D eigenvalue weighted by molar-refractivity contribution is 0.515. The number of hydrogen-bond acceptors (Lipinski definition) is 2. The molecule has 13 heavy (non-hydrogen) atoms. The zero-order valence-electron chi connectivity index (χ0n) is 6.87. The van der Waals surface area contributed by atoms with E-state index >= 15 is 0 Å². The summed E-state index contributed by atoms with van der Waals surface area (Å²) in [7, 11) is 0. The number of benzene rings is 1. The number of alkyl halides is 1. The van der Waals surface area contributed by atoms with Gasteiger partial charge in [-0.2, -0.15) is 0 Å². The molecule has 2 rings (SSSR count). The van der Waals surface area contributed by atoms with E-state index in [4.69, 9.17) is 4.42 Å². The van der Waals surface area contributed by atoms with Gasteiger partial charge in [0.2, 0.25) is 0 Å². The minimum atomic E-state index is -0.266. The molecule has 2 aromatic rings. The molecule has 0 unspecified atom stereocenters. The Morgan fingerprint density at radius 3 is 2.92 bits per heavy atom. The molecule has 0 saturated heterocycles. The van der Waals surface area contributed by atoms with Gasteiger partial charge in [0.1, 0.15) is 0 Å². The summed E-state index contributed by atoms with van der Waals surface area (Å²) in [5.41, 5.74) is 1.54. The number of rotatable bonds is 2. The summed E-state index contributed by atoms with van der Waals surface area (Å²) in [6, 6.07) is 7.47. The van der Waals surface area contributed by atoms with Crippen LogP contribution in [0.3, 0.4) is 0 Å². The second-order valence-corrected chi connectivity index (χ2v) is 3.76. The summed E-state index contributed by atoms with van der Waals surface area (Å²) in [6.07, 6.45) is 0. The van der Waals surface area contributed by atoms with E-state index in [1.54, 1.807) is 10.6 Å². The summed E-state index contributed by atoms with van der Waals surface area (Å²) in [6.45, 7) is 0.705. The van der Waals surface area contributed by atoms with E-state index in [-0.39, 0.29) is 5.76 Å². The van der Waals surface area contributed by atoms with Crippen molar-refractivity contribution in [3.05, 3.63) is 34.8 Å². The van der Waals surface area contributed by atoms with E-state index in [1.165, 1.54) is 0 Å². The molecule has 1 aromatic heterocycles. The molecule has 1 heterocycles. The van der Waals surface area contributed by atoms with Gasteiger partial charge >= 0.3 is 5.76 Å². The van der Waals surface area contributed by atoms with Gasteiger partial charge in [0.05, 0.1) is 5.52 Å². The molecule has 0 saturated carbocycles. The quantitative estimate of drug-likeness (QED) is 0.626. The molecular formula is C9H8INO2. The van der Waals surface area contributed by atoms with Crippen LogP contribution < -0.4 is 5.76 Å². The summed E-state index contributed by atoms with van der Waals surface area (Å²) in [5.74, 6) is -0.266. The van der Waals surface area contributed by atoms with Crippen LogP contribution in [0.4, 0.5) is 0 Å². The van der Waals surface area contributed by atoms with E-state index in [1.807, 2.05) is 18.2 Å². The molecule has 68 valence electrons. The third-order valence-electron chi connectivity index (χ3n) is 1.88. The molecule has 0 atom stereocenters. The van der Waals surface area contributed by atoms with Crippen LogP contribution in [0.25, 0.3) is 11.1 Å². The molecule has 4 heteroatoms. The average molecular weight is 289 g/mol. The van der Waals surface area contributed by atoms with Gasteiger partial charge in [0, 0.05) is 11.0 Å². The Hall–Kier alpha value is -0.780. The monoisotopic (exact) mass is 289 g/mol. The maximum Gasteiger partial charge on any atom is 0.419 e. The zero-order chi connectivity index (χ0) is 9.26. The Labute approximate surface area is 88.5 Å². The number of fused-ring (bicyclic) bond motifs is 1. The van der Waals surface area contributed by atoms with Gasteiger partial charge in [0.15, 0.2) is 5.58 Å². The second kappa shape index (κ2) is 3.53. The molecule has 0 aliphatic rings. The van der Waals surface area contributed by atoms with E-state index in [0.717, 1.165) is 9.94 Å². The van der Waals surface area contributed by atoms with Gasteiger partial charge in [-0.1, -0.05) is 34.7 Å². The van der Waals surface area contributed by atoms with E-state index < -0.39 is 0 Å². The fraction of sp³-hybridized carbons (Fsp3) is 0.222. The average Bonchev–Trinajstić information content (AvgIpc) is 2.44. The molecule has 0 aliphatic heterocycles. The van der Waals surface area contributed by atoms with Crippen molar-refractivity contribution < 1.29 is 4.42 Å². The second-order valence-electron chi connectivity index (χ2n) is 2.68. The number of oxazole rings is 1. The van der Waals surface area contributed by atoms with Crippen LogP contribution in [0.5, 0.6) is 0 Å². The van der Waals surface area contributed by atoms with E-state index in [0.29, 0.717) is 12.1 Å². The summed E-state index contributed by atoms with van der Waals surface area (Å²) in [5, 5.41) is 0. The first-order valence-electron chi connectivity index (χ1n) is 3.97. The number of aromatic nitrogens is 1. The maximum atomic E-state index is 11.3. The van der Waals surface area contributed by atoms with Gasteiger partial charge in [-0.15, -0.1) is 0 Å². The molecular weight excluding hydrogens is 281 g/mol. The van der Waals surface area contributed by atoms with Crippen LogP contribution in [-0.4, -0.2) is 8.99 Å². The Kier molecular flexibility index (Phi) is 2.39. The van der Waals surface area contributed by atoms with Crippen LogP contribution in [-0.2, 0) is 6.54 Å². The highest BCUT2D eigenvalue weighted by Crippen LogP contribution is 2.11. The van der Waals surface area contributed by atoms with Crippen molar-refractivity contribution >= 4 is 33.7 Å². The Balaban J connectivity index is 2.71. The fourth-order valence-electron chi connectivity index (χ4n) is 1.31. The number of halogens is 1. The lowest BCUT2D eigenvalue weighted by Crippen LogP contribution is -2.14. The van der Waals surface area contributed by atoms with E-state index in [9.17, 15) is 4.79 Å². The highest BCUT2D eigenvalue weighted by Gasteiger charge is 2.06. The third kappa shape index (κ3) is 1.50. The third-order valence-corrected chi connectivity index (χ3v) is 2.36. The van der Waals surface area contributed by atoms with Gasteiger partial charge < -0.3 is 4.42 Å². The predicted molar refractivity (Wildman–Crippen MR) is 59.4 cm³/mol. The summed E-state index contributed by atoms with van der Waals surface area (Å²) < 4.78 is 7.61.